The van der Waals surface area contributed by atoms with Crippen molar-refractivity contribution in [1.82, 2.24) is 15.5 Å². The molecule has 1 aromatic heterocycles. The molecule has 0 unspecified atom stereocenters. The van der Waals surface area contributed by atoms with Gasteiger partial charge in [-0.2, -0.15) is 5.10 Å². The summed E-state index contributed by atoms with van der Waals surface area (Å²) >= 11 is 0. The largest absolute Gasteiger partial charge is 0.317 e. The van der Waals surface area contributed by atoms with Gasteiger partial charge in [-0.15, -0.1) is 0 Å². The van der Waals surface area contributed by atoms with Gasteiger partial charge in [0.15, 0.2) is 0 Å². The zero-order chi connectivity index (χ0) is 11.0. The van der Waals surface area contributed by atoms with Crippen molar-refractivity contribution in [2.24, 2.45) is 0 Å². The number of hydrogen-bond acceptors (Lipinski definition) is 2. The average molecular weight is 215 g/mol. The Hall–Kier alpha value is -1.35. The number of fused-ring (bicyclic) bond motifs is 1. The van der Waals surface area contributed by atoms with Gasteiger partial charge in [-0.1, -0.05) is 12.1 Å². The molecule has 1 saturated heterocycles. The van der Waals surface area contributed by atoms with Gasteiger partial charge >= 0.3 is 0 Å². The molecule has 1 aliphatic rings. The molecule has 0 spiro atoms. The first-order valence-corrected chi connectivity index (χ1v) is 6.00. The molecule has 0 aliphatic carbocycles. The van der Waals surface area contributed by atoms with Gasteiger partial charge in [0.25, 0.3) is 0 Å². The van der Waals surface area contributed by atoms with Gasteiger partial charge in [-0.3, -0.25) is 5.10 Å². The Labute approximate surface area is 95.2 Å². The molecule has 2 heterocycles. The summed E-state index contributed by atoms with van der Waals surface area (Å²) in [6.07, 6.45) is 2.43. The first-order valence-electron chi connectivity index (χ1n) is 6.00. The minimum Gasteiger partial charge on any atom is -0.317 e. The lowest BCUT2D eigenvalue weighted by Gasteiger charge is -2.21. The van der Waals surface area contributed by atoms with Crippen LogP contribution < -0.4 is 5.32 Å². The van der Waals surface area contributed by atoms with Gasteiger partial charge < -0.3 is 5.32 Å². The van der Waals surface area contributed by atoms with Crippen molar-refractivity contribution in [2.45, 2.75) is 25.7 Å². The molecule has 0 bridgehead atoms. The van der Waals surface area contributed by atoms with Crippen LogP contribution in [0.3, 0.4) is 0 Å². The van der Waals surface area contributed by atoms with Gasteiger partial charge in [0.05, 0.1) is 5.52 Å². The van der Waals surface area contributed by atoms with Crippen molar-refractivity contribution in [3.8, 4) is 0 Å². The van der Waals surface area contributed by atoms with Crippen LogP contribution in [-0.2, 0) is 0 Å². The second kappa shape index (κ2) is 3.91. The van der Waals surface area contributed by atoms with E-state index in [0.29, 0.717) is 5.92 Å². The first kappa shape index (κ1) is 9.85. The van der Waals surface area contributed by atoms with E-state index in [1.54, 1.807) is 0 Å². The SMILES string of the molecule is Cc1ccc2c(C3CCNCC3)[nH]nc2c1. The fraction of sp³-hybridized carbons (Fsp3) is 0.462. The number of nitrogens with one attached hydrogen (secondary N) is 2. The van der Waals surface area contributed by atoms with Crippen molar-refractivity contribution in [3.05, 3.63) is 29.5 Å². The third-order valence-electron chi connectivity index (χ3n) is 3.49. The van der Waals surface area contributed by atoms with Crippen LogP contribution in [0.5, 0.6) is 0 Å². The number of benzene rings is 1. The summed E-state index contributed by atoms with van der Waals surface area (Å²) in [6.45, 7) is 4.35. The van der Waals surface area contributed by atoms with E-state index in [1.165, 1.54) is 29.5 Å². The lowest BCUT2D eigenvalue weighted by Crippen LogP contribution is -2.26. The summed E-state index contributed by atoms with van der Waals surface area (Å²) in [5.74, 6) is 0.647. The highest BCUT2D eigenvalue weighted by atomic mass is 15.1. The minimum atomic E-state index is 0.647. The summed E-state index contributed by atoms with van der Waals surface area (Å²) in [7, 11) is 0. The molecule has 1 aliphatic heterocycles. The van der Waals surface area contributed by atoms with Crippen molar-refractivity contribution in [1.29, 1.82) is 0 Å². The van der Waals surface area contributed by atoms with E-state index in [-0.39, 0.29) is 0 Å². The van der Waals surface area contributed by atoms with E-state index < -0.39 is 0 Å². The Morgan fingerprint density at radius 2 is 2.06 bits per heavy atom. The molecule has 0 radical (unpaired) electrons. The lowest BCUT2D eigenvalue weighted by atomic mass is 9.92. The summed E-state index contributed by atoms with van der Waals surface area (Å²) in [4.78, 5) is 0. The molecule has 3 heteroatoms. The highest BCUT2D eigenvalue weighted by molar-refractivity contribution is 5.82. The smallest absolute Gasteiger partial charge is 0.0926 e. The third-order valence-corrected chi connectivity index (χ3v) is 3.49. The monoisotopic (exact) mass is 215 g/mol. The molecular weight excluding hydrogens is 198 g/mol. The normalized spacial score (nSPS) is 18.1. The van der Waals surface area contributed by atoms with Crippen LogP contribution >= 0.6 is 0 Å². The molecule has 1 fully saturated rings. The quantitative estimate of drug-likeness (QED) is 0.766. The fourth-order valence-electron chi connectivity index (χ4n) is 2.56. The molecule has 0 amide bonds. The van der Waals surface area contributed by atoms with E-state index in [4.69, 9.17) is 0 Å². The van der Waals surface area contributed by atoms with Gasteiger partial charge in [0, 0.05) is 17.0 Å². The second-order valence-corrected chi connectivity index (χ2v) is 4.68. The van der Waals surface area contributed by atoms with Gasteiger partial charge in [-0.25, -0.2) is 0 Å². The number of rotatable bonds is 1. The Bertz CT molecular complexity index is 495. The van der Waals surface area contributed by atoms with Crippen LogP contribution in [0.1, 0.15) is 30.0 Å². The summed E-state index contributed by atoms with van der Waals surface area (Å²) in [6, 6.07) is 6.52. The van der Waals surface area contributed by atoms with Crippen LogP contribution in [0.4, 0.5) is 0 Å². The Morgan fingerprint density at radius 3 is 2.88 bits per heavy atom. The van der Waals surface area contributed by atoms with Crippen LogP contribution in [0, 0.1) is 6.92 Å². The summed E-state index contributed by atoms with van der Waals surface area (Å²) in [5.41, 5.74) is 3.71. The number of aromatic nitrogens is 2. The van der Waals surface area contributed by atoms with Gasteiger partial charge in [0.1, 0.15) is 0 Å². The predicted molar refractivity (Wildman–Crippen MR) is 65.7 cm³/mol. The summed E-state index contributed by atoms with van der Waals surface area (Å²) < 4.78 is 0. The Kier molecular flexibility index (Phi) is 2.40. The molecule has 3 nitrogen and oxygen atoms in total. The molecule has 0 atom stereocenters. The second-order valence-electron chi connectivity index (χ2n) is 4.68. The van der Waals surface area contributed by atoms with Crippen molar-refractivity contribution >= 4 is 10.9 Å². The van der Waals surface area contributed by atoms with Gasteiger partial charge in [0.2, 0.25) is 0 Å². The topological polar surface area (TPSA) is 40.7 Å². The Morgan fingerprint density at radius 1 is 1.25 bits per heavy atom. The van der Waals surface area contributed by atoms with E-state index in [1.807, 2.05) is 0 Å². The molecule has 84 valence electrons. The maximum absolute atomic E-state index is 4.41. The zero-order valence-corrected chi connectivity index (χ0v) is 9.59. The van der Waals surface area contributed by atoms with Crippen molar-refractivity contribution in [2.75, 3.05) is 13.1 Å². The highest BCUT2D eigenvalue weighted by Gasteiger charge is 2.19. The van der Waals surface area contributed by atoms with Crippen LogP contribution in [0.15, 0.2) is 18.2 Å². The third kappa shape index (κ3) is 1.61. The molecule has 16 heavy (non-hydrogen) atoms. The predicted octanol–water partition coefficient (Wildman–Crippen LogP) is 2.34. The molecule has 2 N–H and O–H groups in total. The Balaban J connectivity index is 2.03. The van der Waals surface area contributed by atoms with Crippen LogP contribution in [-0.4, -0.2) is 23.3 Å². The van der Waals surface area contributed by atoms with Crippen LogP contribution in [0.25, 0.3) is 10.9 Å². The highest BCUT2D eigenvalue weighted by Crippen LogP contribution is 2.29. The zero-order valence-electron chi connectivity index (χ0n) is 9.59. The number of piperidine rings is 1. The maximum Gasteiger partial charge on any atom is 0.0926 e. The molecular formula is C13H17N3. The summed E-state index contributed by atoms with van der Waals surface area (Å²) in [5, 5.41) is 12.3. The van der Waals surface area contributed by atoms with E-state index in [9.17, 15) is 0 Å². The van der Waals surface area contributed by atoms with Crippen LogP contribution in [0.2, 0.25) is 0 Å². The van der Waals surface area contributed by atoms with E-state index >= 15 is 0 Å². The number of hydrogen-bond donors (Lipinski definition) is 2. The van der Waals surface area contributed by atoms with Crippen molar-refractivity contribution < 1.29 is 0 Å². The fourth-order valence-corrected chi connectivity index (χ4v) is 2.56. The molecule has 3 rings (SSSR count). The lowest BCUT2D eigenvalue weighted by molar-refractivity contribution is 0.454. The van der Waals surface area contributed by atoms with Gasteiger partial charge in [-0.05, 0) is 44.5 Å². The average Bonchev–Trinajstić information content (AvgIpc) is 2.73. The molecule has 1 aromatic carbocycles. The maximum atomic E-state index is 4.41. The number of nitrogens with zero attached hydrogens (tertiary/aromatic N) is 1. The molecule has 2 aromatic rings. The van der Waals surface area contributed by atoms with E-state index in [2.05, 4.69) is 40.6 Å². The minimum absolute atomic E-state index is 0.647. The first-order chi connectivity index (χ1) is 7.84. The number of aryl methyl sites for hydroxylation is 1. The standard InChI is InChI=1S/C13H17N3/c1-9-2-3-11-12(8-9)15-16-13(11)10-4-6-14-7-5-10/h2-3,8,10,14H,4-7H2,1H3,(H,15,16). The number of aromatic amines is 1. The van der Waals surface area contributed by atoms with E-state index in [0.717, 1.165) is 18.6 Å². The van der Waals surface area contributed by atoms with Crippen molar-refractivity contribution in [3.63, 3.8) is 0 Å². The molecule has 0 saturated carbocycles. The number of H-pyrrole nitrogens is 1.